The summed E-state index contributed by atoms with van der Waals surface area (Å²) in [7, 11) is 0. The summed E-state index contributed by atoms with van der Waals surface area (Å²) in [5.41, 5.74) is 1.23. The third-order valence-corrected chi connectivity index (χ3v) is 3.50. The van der Waals surface area contributed by atoms with Gasteiger partial charge in [0.05, 0.1) is 5.69 Å². The third-order valence-electron chi connectivity index (χ3n) is 3.50. The van der Waals surface area contributed by atoms with Crippen LogP contribution < -0.4 is 5.32 Å². The van der Waals surface area contributed by atoms with E-state index in [1.807, 2.05) is 0 Å². The molecule has 3 nitrogen and oxygen atoms in total. The summed E-state index contributed by atoms with van der Waals surface area (Å²) < 4.78 is 5.76. The summed E-state index contributed by atoms with van der Waals surface area (Å²) in [6, 6.07) is 0. The molecule has 0 atom stereocenters. The van der Waals surface area contributed by atoms with Crippen molar-refractivity contribution in [3.8, 4) is 0 Å². The van der Waals surface area contributed by atoms with E-state index in [0.29, 0.717) is 11.8 Å². The second-order valence-electron chi connectivity index (χ2n) is 4.79. The van der Waals surface area contributed by atoms with Gasteiger partial charge in [0.1, 0.15) is 5.76 Å². The number of nitrogens with one attached hydrogen (secondary N) is 1. The van der Waals surface area contributed by atoms with Gasteiger partial charge >= 0.3 is 0 Å². The molecule has 2 fully saturated rings. The van der Waals surface area contributed by atoms with Gasteiger partial charge in [0, 0.05) is 11.8 Å². The quantitative estimate of drug-likeness (QED) is 0.807. The summed E-state index contributed by atoms with van der Waals surface area (Å²) >= 11 is 0. The van der Waals surface area contributed by atoms with Crippen LogP contribution in [0.25, 0.3) is 0 Å². The largest absolute Gasteiger partial charge is 0.445 e. The highest BCUT2D eigenvalue weighted by Gasteiger charge is 2.31. The van der Waals surface area contributed by atoms with Crippen LogP contribution >= 0.6 is 0 Å². The monoisotopic (exact) mass is 206 g/mol. The van der Waals surface area contributed by atoms with Crippen LogP contribution in [0.4, 0.5) is 0 Å². The maximum absolute atomic E-state index is 5.76. The summed E-state index contributed by atoms with van der Waals surface area (Å²) in [6.07, 6.45) is 4.95. The van der Waals surface area contributed by atoms with Gasteiger partial charge in [-0.2, -0.15) is 0 Å². The first-order chi connectivity index (χ1) is 7.34. The number of hydrogen-bond acceptors (Lipinski definition) is 3. The number of aromatic nitrogens is 1. The minimum atomic E-state index is 0.627. The Hall–Kier alpha value is -0.830. The van der Waals surface area contributed by atoms with Crippen molar-refractivity contribution in [2.45, 2.75) is 44.4 Å². The SMILES string of the molecule is Cc1oc(C2CC2)nc1C1CCNCC1. The lowest BCUT2D eigenvalue weighted by atomic mass is 9.94. The molecule has 0 amide bonds. The minimum Gasteiger partial charge on any atom is -0.445 e. The van der Waals surface area contributed by atoms with E-state index in [9.17, 15) is 0 Å². The Morgan fingerprint density at radius 3 is 2.53 bits per heavy atom. The van der Waals surface area contributed by atoms with Crippen molar-refractivity contribution >= 4 is 0 Å². The minimum absolute atomic E-state index is 0.627. The molecule has 15 heavy (non-hydrogen) atoms. The van der Waals surface area contributed by atoms with E-state index in [1.165, 1.54) is 31.4 Å². The molecule has 0 unspecified atom stereocenters. The first kappa shape index (κ1) is 9.40. The smallest absolute Gasteiger partial charge is 0.197 e. The Labute approximate surface area is 90.3 Å². The van der Waals surface area contributed by atoms with Crippen molar-refractivity contribution in [3.05, 3.63) is 17.3 Å². The second kappa shape index (κ2) is 3.63. The van der Waals surface area contributed by atoms with E-state index >= 15 is 0 Å². The zero-order valence-corrected chi connectivity index (χ0v) is 9.25. The molecule has 3 heteroatoms. The van der Waals surface area contributed by atoms with E-state index in [-0.39, 0.29) is 0 Å². The lowest BCUT2D eigenvalue weighted by Crippen LogP contribution is -2.27. The van der Waals surface area contributed by atoms with Gasteiger partial charge in [-0.3, -0.25) is 0 Å². The lowest BCUT2D eigenvalue weighted by molar-refractivity contribution is 0.443. The number of hydrogen-bond donors (Lipinski definition) is 1. The molecule has 3 rings (SSSR count). The summed E-state index contributed by atoms with van der Waals surface area (Å²) in [4.78, 5) is 4.70. The maximum atomic E-state index is 5.76. The number of aryl methyl sites for hydroxylation is 1. The van der Waals surface area contributed by atoms with Gasteiger partial charge in [-0.05, 0) is 45.7 Å². The molecule has 0 bridgehead atoms. The average molecular weight is 206 g/mol. The second-order valence-corrected chi connectivity index (χ2v) is 4.79. The first-order valence-corrected chi connectivity index (χ1v) is 6.02. The van der Waals surface area contributed by atoms with Crippen molar-refractivity contribution in [2.24, 2.45) is 0 Å². The molecule has 1 saturated carbocycles. The van der Waals surface area contributed by atoms with Crippen LogP contribution in [-0.2, 0) is 0 Å². The van der Waals surface area contributed by atoms with Gasteiger partial charge in [0.25, 0.3) is 0 Å². The molecule has 1 aromatic heterocycles. The Balaban J connectivity index is 1.82. The lowest BCUT2D eigenvalue weighted by Gasteiger charge is -2.20. The molecular weight excluding hydrogens is 188 g/mol. The number of piperidine rings is 1. The molecule has 1 aliphatic heterocycles. The molecular formula is C12H18N2O. The standard InChI is InChI=1S/C12H18N2O/c1-8-11(9-4-6-13-7-5-9)14-12(15-8)10-2-3-10/h9-10,13H,2-7H2,1H3. The number of oxazole rings is 1. The zero-order chi connectivity index (χ0) is 10.3. The highest BCUT2D eigenvalue weighted by Crippen LogP contribution is 2.41. The third kappa shape index (κ3) is 1.81. The first-order valence-electron chi connectivity index (χ1n) is 6.02. The van der Waals surface area contributed by atoms with Crippen LogP contribution in [0.1, 0.15) is 54.9 Å². The van der Waals surface area contributed by atoms with Crippen LogP contribution in [0.2, 0.25) is 0 Å². The van der Waals surface area contributed by atoms with Crippen LogP contribution in [0.5, 0.6) is 0 Å². The molecule has 1 aromatic rings. The molecule has 1 N–H and O–H groups in total. The Morgan fingerprint density at radius 2 is 1.87 bits per heavy atom. The molecule has 2 aliphatic rings. The molecule has 0 spiro atoms. The molecule has 1 aliphatic carbocycles. The predicted molar refractivity (Wildman–Crippen MR) is 58.1 cm³/mol. The fourth-order valence-electron chi connectivity index (χ4n) is 2.41. The summed E-state index contributed by atoms with van der Waals surface area (Å²) in [6.45, 7) is 4.31. The topological polar surface area (TPSA) is 38.1 Å². The van der Waals surface area contributed by atoms with Crippen molar-refractivity contribution in [2.75, 3.05) is 13.1 Å². The van der Waals surface area contributed by atoms with Gasteiger partial charge in [-0.15, -0.1) is 0 Å². The average Bonchev–Trinajstić information content (AvgIpc) is 3.04. The highest BCUT2D eigenvalue weighted by molar-refractivity contribution is 5.17. The van der Waals surface area contributed by atoms with Gasteiger partial charge < -0.3 is 9.73 Å². The van der Waals surface area contributed by atoms with Gasteiger partial charge in [-0.1, -0.05) is 0 Å². The van der Waals surface area contributed by atoms with E-state index < -0.39 is 0 Å². The van der Waals surface area contributed by atoms with E-state index in [1.54, 1.807) is 0 Å². The Morgan fingerprint density at radius 1 is 1.13 bits per heavy atom. The fraction of sp³-hybridized carbons (Fsp3) is 0.750. The van der Waals surface area contributed by atoms with Crippen LogP contribution in [0, 0.1) is 6.92 Å². The number of rotatable bonds is 2. The van der Waals surface area contributed by atoms with Crippen molar-refractivity contribution < 1.29 is 4.42 Å². The fourth-order valence-corrected chi connectivity index (χ4v) is 2.41. The number of nitrogens with zero attached hydrogens (tertiary/aromatic N) is 1. The Kier molecular flexibility index (Phi) is 2.28. The van der Waals surface area contributed by atoms with E-state index in [2.05, 4.69) is 12.2 Å². The van der Waals surface area contributed by atoms with E-state index in [0.717, 1.165) is 24.7 Å². The summed E-state index contributed by atoms with van der Waals surface area (Å²) in [5.74, 6) is 3.33. The van der Waals surface area contributed by atoms with Gasteiger partial charge in [0.2, 0.25) is 0 Å². The molecule has 1 saturated heterocycles. The Bertz CT molecular complexity index is 349. The van der Waals surface area contributed by atoms with Crippen LogP contribution in [0.3, 0.4) is 0 Å². The van der Waals surface area contributed by atoms with Crippen LogP contribution in [0.15, 0.2) is 4.42 Å². The van der Waals surface area contributed by atoms with E-state index in [4.69, 9.17) is 9.40 Å². The van der Waals surface area contributed by atoms with Crippen molar-refractivity contribution in [1.29, 1.82) is 0 Å². The highest BCUT2D eigenvalue weighted by atomic mass is 16.4. The molecule has 82 valence electrons. The van der Waals surface area contributed by atoms with Crippen molar-refractivity contribution in [3.63, 3.8) is 0 Å². The molecule has 0 radical (unpaired) electrons. The normalized spacial score (nSPS) is 23.3. The maximum Gasteiger partial charge on any atom is 0.197 e. The van der Waals surface area contributed by atoms with Gasteiger partial charge in [0.15, 0.2) is 5.89 Å². The van der Waals surface area contributed by atoms with Gasteiger partial charge in [-0.25, -0.2) is 4.98 Å². The molecule has 0 aromatic carbocycles. The van der Waals surface area contributed by atoms with Crippen LogP contribution in [-0.4, -0.2) is 18.1 Å². The van der Waals surface area contributed by atoms with Crippen molar-refractivity contribution in [1.82, 2.24) is 10.3 Å². The molecule has 2 heterocycles. The summed E-state index contributed by atoms with van der Waals surface area (Å²) in [5, 5.41) is 3.39. The zero-order valence-electron chi connectivity index (χ0n) is 9.25. The predicted octanol–water partition coefficient (Wildman–Crippen LogP) is 2.33.